The summed E-state index contributed by atoms with van der Waals surface area (Å²) >= 11 is 0. The summed E-state index contributed by atoms with van der Waals surface area (Å²) in [6.45, 7) is 1.37. The zero-order valence-corrected chi connectivity index (χ0v) is 16.2. The van der Waals surface area contributed by atoms with Crippen molar-refractivity contribution in [1.29, 1.82) is 0 Å². The first-order valence-electron chi connectivity index (χ1n) is 9.75. The van der Waals surface area contributed by atoms with Crippen LogP contribution in [0, 0.1) is 11.8 Å². The molecule has 0 unspecified atom stereocenters. The van der Waals surface area contributed by atoms with Crippen molar-refractivity contribution in [2.24, 2.45) is 16.8 Å². The average molecular weight is 372 g/mol. The average Bonchev–Trinajstić information content (AvgIpc) is 2.67. The molecule has 0 aliphatic heterocycles. The monoisotopic (exact) mass is 372 g/mol. The summed E-state index contributed by atoms with van der Waals surface area (Å²) in [6, 6.07) is 0.808. The van der Waals surface area contributed by atoms with Crippen molar-refractivity contribution in [3.8, 4) is 0 Å². The van der Waals surface area contributed by atoms with Crippen molar-refractivity contribution < 1.29 is 14.4 Å². The van der Waals surface area contributed by atoms with Crippen LogP contribution in [0.3, 0.4) is 0 Å². The van der Waals surface area contributed by atoms with Gasteiger partial charge in [0.25, 0.3) is 0 Å². The summed E-state index contributed by atoms with van der Waals surface area (Å²) in [5.74, 6) is 0.214. The highest BCUT2D eigenvalue weighted by atomic mass is 16.1. The summed E-state index contributed by atoms with van der Waals surface area (Å²) in [7, 11) is 12.0. The van der Waals surface area contributed by atoms with Crippen molar-refractivity contribution >= 4 is 33.4 Å². The minimum Gasteiger partial charge on any atom is -0.366 e. The minimum atomic E-state index is -0.474. The van der Waals surface area contributed by atoms with Crippen LogP contribution < -0.4 is 16.0 Å². The number of rotatable bonds is 6. The fourth-order valence-corrected chi connectivity index (χ4v) is 3.70. The van der Waals surface area contributed by atoms with Gasteiger partial charge in [-0.3, -0.25) is 9.59 Å². The third-order valence-corrected chi connectivity index (χ3v) is 5.44. The van der Waals surface area contributed by atoms with Gasteiger partial charge in [-0.25, -0.2) is 9.79 Å². The fraction of sp³-hybridized carbons (Fsp3) is 0.833. The van der Waals surface area contributed by atoms with Crippen LogP contribution in [0.5, 0.6) is 0 Å². The largest absolute Gasteiger partial charge is 0.366 e. The predicted molar refractivity (Wildman–Crippen MR) is 107 cm³/mol. The predicted octanol–water partition coefficient (Wildman–Crippen LogP) is 1.40. The molecule has 0 saturated heterocycles. The van der Waals surface area contributed by atoms with E-state index in [1.165, 1.54) is 25.7 Å². The molecule has 146 valence electrons. The third-order valence-electron chi connectivity index (χ3n) is 5.44. The van der Waals surface area contributed by atoms with Crippen LogP contribution in [0.1, 0.15) is 51.4 Å². The zero-order valence-electron chi connectivity index (χ0n) is 16.2. The van der Waals surface area contributed by atoms with Crippen molar-refractivity contribution in [2.45, 2.75) is 63.5 Å². The van der Waals surface area contributed by atoms with Gasteiger partial charge in [0, 0.05) is 19.1 Å². The van der Waals surface area contributed by atoms with Gasteiger partial charge in [0.1, 0.15) is 0 Å². The van der Waals surface area contributed by atoms with Gasteiger partial charge in [-0.2, -0.15) is 0 Å². The van der Waals surface area contributed by atoms with Gasteiger partial charge in [-0.1, -0.05) is 0 Å². The second-order valence-corrected chi connectivity index (χ2v) is 7.39. The van der Waals surface area contributed by atoms with Gasteiger partial charge in [0.05, 0.1) is 6.04 Å². The Morgan fingerprint density at radius 1 is 0.889 bits per heavy atom. The minimum absolute atomic E-state index is 0.136. The van der Waals surface area contributed by atoms with Crippen molar-refractivity contribution in [1.82, 2.24) is 16.0 Å². The van der Waals surface area contributed by atoms with Gasteiger partial charge >= 0.3 is 0 Å². The molecule has 2 amide bonds. The number of nitrogens with zero attached hydrogens (tertiary/aromatic N) is 1. The molecule has 0 aromatic heterocycles. The maximum absolute atomic E-state index is 10.5. The summed E-state index contributed by atoms with van der Waals surface area (Å²) in [5, 5.41) is 8.54. The number of amides is 2. The lowest BCUT2D eigenvalue weighted by Crippen LogP contribution is -2.35. The molecule has 0 bridgehead atoms. The van der Waals surface area contributed by atoms with E-state index in [9.17, 15) is 14.4 Å². The molecule has 0 aromatic carbocycles. The van der Waals surface area contributed by atoms with Gasteiger partial charge in [-0.05, 0) is 70.3 Å². The molecule has 0 atom stereocenters. The quantitative estimate of drug-likeness (QED) is 0.373. The first-order valence-corrected chi connectivity index (χ1v) is 9.75. The van der Waals surface area contributed by atoms with Crippen LogP contribution in [-0.2, 0) is 4.79 Å². The fourth-order valence-electron chi connectivity index (χ4n) is 3.70. The van der Waals surface area contributed by atoms with Crippen LogP contribution in [0.4, 0.5) is 9.59 Å². The van der Waals surface area contributed by atoms with Crippen LogP contribution in [0.2, 0.25) is 0 Å². The lowest BCUT2D eigenvalue weighted by Gasteiger charge is -2.28. The lowest BCUT2D eigenvalue weighted by atomic mass is 9.86. The normalized spacial score (nSPS) is 27.3. The van der Waals surface area contributed by atoms with E-state index in [1.54, 1.807) is 6.08 Å². The lowest BCUT2D eigenvalue weighted by molar-refractivity contribution is 0.251. The number of isocyanates is 1. The number of nitrogens with one attached hydrogen (secondary N) is 3. The van der Waals surface area contributed by atoms with Crippen LogP contribution in [0.15, 0.2) is 4.99 Å². The molecular weight excluding hydrogens is 342 g/mol. The summed E-state index contributed by atoms with van der Waals surface area (Å²) in [5.41, 5.74) is 0. The second kappa shape index (κ2) is 13.6. The van der Waals surface area contributed by atoms with E-state index in [-0.39, 0.29) is 6.04 Å². The Bertz CT molecular complexity index is 499. The van der Waals surface area contributed by atoms with Gasteiger partial charge < -0.3 is 16.0 Å². The highest BCUT2D eigenvalue weighted by Crippen LogP contribution is 2.25. The van der Waals surface area contributed by atoms with E-state index in [4.69, 9.17) is 15.7 Å². The first-order chi connectivity index (χ1) is 12.9. The molecule has 2 rings (SSSR count). The Morgan fingerprint density at radius 3 is 1.70 bits per heavy atom. The number of carbonyl (C=O) groups excluding carboxylic acids is 3. The molecule has 0 heterocycles. The van der Waals surface area contributed by atoms with E-state index in [0.717, 1.165) is 32.2 Å². The third kappa shape index (κ3) is 11.0. The Balaban J connectivity index is 0.000000271. The van der Waals surface area contributed by atoms with E-state index < -0.39 is 11.6 Å². The molecule has 2 saturated carbocycles. The first kappa shape index (κ1) is 23.4. The Labute approximate surface area is 164 Å². The van der Waals surface area contributed by atoms with E-state index in [1.807, 2.05) is 7.05 Å². The SMILES string of the molecule is [B]C(=O)NCC1CCC(N=C=O)CC1.[B]C(=O)NCC1CCC(NC)CC1. The standard InChI is InChI=1S/C9H13BN2O2.C9H17BN2O/c10-9(14)11-5-7-1-3-8(4-2-7)12-6-13;1-11-8-4-2-7(3-5-8)6-12-9(10)13/h7-8H,1-5H2,(H,11,14);7-8,11H,2-6H2,1H3,(H,12,13). The van der Waals surface area contributed by atoms with Crippen LogP contribution in [-0.4, -0.2) is 65.6 Å². The van der Waals surface area contributed by atoms with Gasteiger partial charge in [0.2, 0.25) is 6.08 Å². The Hall–Kier alpha value is -1.59. The Morgan fingerprint density at radius 2 is 1.33 bits per heavy atom. The smallest absolute Gasteiger partial charge is 0.235 e. The molecule has 3 N–H and O–H groups in total. The maximum atomic E-state index is 10.5. The number of hydrogen-bond acceptors (Lipinski definition) is 5. The van der Waals surface area contributed by atoms with Crippen molar-refractivity contribution in [3.63, 3.8) is 0 Å². The molecule has 9 heteroatoms. The van der Waals surface area contributed by atoms with Crippen molar-refractivity contribution in [3.05, 3.63) is 0 Å². The highest BCUT2D eigenvalue weighted by molar-refractivity contribution is 6.57. The second-order valence-electron chi connectivity index (χ2n) is 7.39. The molecule has 27 heavy (non-hydrogen) atoms. The van der Waals surface area contributed by atoms with Crippen LogP contribution in [0.25, 0.3) is 0 Å². The van der Waals surface area contributed by atoms with E-state index in [0.29, 0.717) is 24.4 Å². The van der Waals surface area contributed by atoms with E-state index >= 15 is 0 Å². The molecule has 7 nitrogen and oxygen atoms in total. The molecule has 2 aliphatic carbocycles. The maximum Gasteiger partial charge on any atom is 0.235 e. The van der Waals surface area contributed by atoms with Gasteiger partial charge in [-0.15, -0.1) is 0 Å². The Kier molecular flexibility index (Phi) is 11.8. The highest BCUT2D eigenvalue weighted by Gasteiger charge is 2.21. The molecule has 0 spiro atoms. The summed E-state index contributed by atoms with van der Waals surface area (Å²) in [6.07, 6.45) is 10.2. The molecule has 2 fully saturated rings. The van der Waals surface area contributed by atoms with Crippen molar-refractivity contribution in [2.75, 3.05) is 20.1 Å². The van der Waals surface area contributed by atoms with Gasteiger partial charge in [0.15, 0.2) is 27.3 Å². The molecule has 2 aliphatic rings. The number of carbonyl (C=O) groups is 2. The topological polar surface area (TPSA) is 99.7 Å². The number of aliphatic imine (C=N–C) groups is 1. The summed E-state index contributed by atoms with van der Waals surface area (Å²) < 4.78 is 0. The summed E-state index contributed by atoms with van der Waals surface area (Å²) in [4.78, 5) is 34.6. The zero-order chi connectivity index (χ0) is 20.1. The molecule has 4 radical (unpaired) electrons. The molecular formula is C18H30B2N4O3. The molecule has 0 aromatic rings. The number of hydrogen-bond donors (Lipinski definition) is 3. The van der Waals surface area contributed by atoms with Crippen LogP contribution >= 0.6 is 0 Å². The van der Waals surface area contributed by atoms with E-state index in [2.05, 4.69) is 20.9 Å².